The van der Waals surface area contributed by atoms with Gasteiger partial charge in [0.1, 0.15) is 16.7 Å². The Balaban J connectivity index is 1.35. The van der Waals surface area contributed by atoms with E-state index in [1.807, 2.05) is 54.6 Å². The number of methoxy groups -OCH3 is 2. The van der Waals surface area contributed by atoms with Gasteiger partial charge in [-0.2, -0.15) is 10.1 Å². The first-order valence-corrected chi connectivity index (χ1v) is 13.2. The summed E-state index contributed by atoms with van der Waals surface area (Å²) in [6, 6.07) is 22.2. The van der Waals surface area contributed by atoms with Crippen LogP contribution in [-0.2, 0) is 9.59 Å². The molecular formula is C28H25ClN4O4S. The number of halogens is 1. The number of amidine groups is 1. The van der Waals surface area contributed by atoms with E-state index in [1.165, 1.54) is 18.9 Å². The Bertz CT molecular complexity index is 1410. The van der Waals surface area contributed by atoms with Gasteiger partial charge < -0.3 is 14.8 Å². The third-order valence-electron chi connectivity index (χ3n) is 6.27. The second-order valence-corrected chi connectivity index (χ2v) is 10.3. The number of rotatable bonds is 7. The van der Waals surface area contributed by atoms with Crippen molar-refractivity contribution >= 4 is 51.7 Å². The first-order valence-electron chi connectivity index (χ1n) is 11.9. The molecule has 10 heteroatoms. The number of carbonyl (C=O) groups excluding carboxylic acids is 2. The lowest BCUT2D eigenvalue weighted by Crippen LogP contribution is -2.25. The predicted molar refractivity (Wildman–Crippen MR) is 150 cm³/mol. The van der Waals surface area contributed by atoms with Crippen LogP contribution < -0.4 is 14.8 Å². The van der Waals surface area contributed by atoms with E-state index in [0.717, 1.165) is 22.6 Å². The lowest BCUT2D eigenvalue weighted by Gasteiger charge is -2.23. The Morgan fingerprint density at radius 2 is 1.79 bits per heavy atom. The Kier molecular flexibility index (Phi) is 7.67. The van der Waals surface area contributed by atoms with E-state index in [1.54, 1.807) is 30.3 Å². The highest BCUT2D eigenvalue weighted by Gasteiger charge is 2.39. The average Bonchev–Trinajstić information content (AvgIpc) is 3.53. The van der Waals surface area contributed by atoms with Gasteiger partial charge in [-0.15, -0.1) is 0 Å². The van der Waals surface area contributed by atoms with E-state index in [4.69, 9.17) is 26.2 Å². The van der Waals surface area contributed by atoms with Gasteiger partial charge in [0.2, 0.25) is 5.91 Å². The fourth-order valence-electron chi connectivity index (χ4n) is 4.31. The molecule has 3 aromatic carbocycles. The summed E-state index contributed by atoms with van der Waals surface area (Å²) in [5, 5.41) is 9.94. The normalized spacial score (nSPS) is 18.7. The maximum absolute atomic E-state index is 12.8. The predicted octanol–water partition coefficient (Wildman–Crippen LogP) is 5.54. The fourth-order valence-corrected chi connectivity index (χ4v) is 5.50. The molecule has 0 aromatic heterocycles. The van der Waals surface area contributed by atoms with Crippen molar-refractivity contribution in [3.05, 3.63) is 88.9 Å². The van der Waals surface area contributed by atoms with Crippen LogP contribution >= 0.6 is 23.4 Å². The minimum atomic E-state index is -0.647. The van der Waals surface area contributed by atoms with Gasteiger partial charge in [-0.3, -0.25) is 9.59 Å². The van der Waals surface area contributed by atoms with Crippen LogP contribution in [0.2, 0.25) is 5.02 Å². The number of amides is 2. The summed E-state index contributed by atoms with van der Waals surface area (Å²) >= 11 is 7.34. The van der Waals surface area contributed by atoms with E-state index in [-0.39, 0.29) is 24.3 Å². The SMILES string of the molecule is COc1ccc(C2CC(c3ccc(Cl)cc3)=NN2C2=NC(=O)C(CC(=O)Nc3ccccc3OC)S2)cc1. The smallest absolute Gasteiger partial charge is 0.262 e. The maximum atomic E-state index is 12.8. The van der Waals surface area contributed by atoms with E-state index >= 15 is 0 Å². The largest absolute Gasteiger partial charge is 0.497 e. The first-order chi connectivity index (χ1) is 18.4. The summed E-state index contributed by atoms with van der Waals surface area (Å²) in [6.45, 7) is 0. The van der Waals surface area contributed by atoms with Gasteiger partial charge in [-0.25, -0.2) is 5.01 Å². The third kappa shape index (κ3) is 5.54. The number of benzene rings is 3. The summed E-state index contributed by atoms with van der Waals surface area (Å²) in [4.78, 5) is 29.9. The number of hydrogen-bond acceptors (Lipinski definition) is 7. The number of hydrazone groups is 1. The van der Waals surface area contributed by atoms with E-state index in [9.17, 15) is 9.59 Å². The minimum absolute atomic E-state index is 0.0245. The number of para-hydroxylation sites is 2. The minimum Gasteiger partial charge on any atom is -0.497 e. The summed E-state index contributed by atoms with van der Waals surface area (Å²) in [6.07, 6.45) is 0.587. The molecule has 0 radical (unpaired) electrons. The molecule has 0 saturated heterocycles. The van der Waals surface area contributed by atoms with E-state index < -0.39 is 5.25 Å². The molecule has 194 valence electrons. The number of carbonyl (C=O) groups is 2. The van der Waals surface area contributed by atoms with Crippen LogP contribution in [0.15, 0.2) is 82.9 Å². The van der Waals surface area contributed by atoms with Crippen LogP contribution in [0.4, 0.5) is 5.69 Å². The Morgan fingerprint density at radius 3 is 2.50 bits per heavy atom. The van der Waals surface area contributed by atoms with Gasteiger partial charge in [0.05, 0.1) is 31.7 Å². The fraction of sp³-hybridized carbons (Fsp3) is 0.214. The third-order valence-corrected chi connectivity index (χ3v) is 7.66. The molecule has 0 aliphatic carbocycles. The molecule has 0 saturated carbocycles. The van der Waals surface area contributed by atoms with Crippen molar-refractivity contribution in [2.75, 3.05) is 19.5 Å². The monoisotopic (exact) mass is 548 g/mol. The summed E-state index contributed by atoms with van der Waals surface area (Å²) in [5.41, 5.74) is 3.35. The van der Waals surface area contributed by atoms with Crippen molar-refractivity contribution in [3.63, 3.8) is 0 Å². The van der Waals surface area contributed by atoms with Crippen molar-refractivity contribution < 1.29 is 19.1 Å². The van der Waals surface area contributed by atoms with E-state index in [0.29, 0.717) is 28.0 Å². The molecule has 38 heavy (non-hydrogen) atoms. The number of nitrogens with one attached hydrogen (secondary N) is 1. The number of thioether (sulfide) groups is 1. The van der Waals surface area contributed by atoms with Crippen molar-refractivity contribution in [1.82, 2.24) is 5.01 Å². The van der Waals surface area contributed by atoms with Gasteiger partial charge in [0, 0.05) is 17.9 Å². The zero-order chi connectivity index (χ0) is 26.6. The van der Waals surface area contributed by atoms with Crippen LogP contribution in [0.3, 0.4) is 0 Å². The number of hydrogen-bond donors (Lipinski definition) is 1. The highest BCUT2D eigenvalue weighted by molar-refractivity contribution is 8.15. The summed E-state index contributed by atoms with van der Waals surface area (Å²) < 4.78 is 10.6. The molecular weight excluding hydrogens is 524 g/mol. The van der Waals surface area contributed by atoms with Crippen LogP contribution in [0.25, 0.3) is 0 Å². The molecule has 3 aromatic rings. The second kappa shape index (κ2) is 11.3. The van der Waals surface area contributed by atoms with Crippen molar-refractivity contribution in [1.29, 1.82) is 0 Å². The van der Waals surface area contributed by atoms with Crippen LogP contribution in [0.1, 0.15) is 30.0 Å². The molecule has 0 fully saturated rings. The highest BCUT2D eigenvalue weighted by atomic mass is 35.5. The molecule has 2 aliphatic rings. The Morgan fingerprint density at radius 1 is 1.05 bits per heavy atom. The number of aliphatic imine (C=N–C) groups is 1. The lowest BCUT2D eigenvalue weighted by atomic mass is 9.98. The molecule has 2 aliphatic heterocycles. The topological polar surface area (TPSA) is 92.6 Å². The van der Waals surface area contributed by atoms with Gasteiger partial charge in [-0.05, 0) is 47.5 Å². The quantitative estimate of drug-likeness (QED) is 0.417. The van der Waals surface area contributed by atoms with Crippen LogP contribution in [-0.4, -0.2) is 47.2 Å². The lowest BCUT2D eigenvalue weighted by molar-refractivity contribution is -0.121. The molecule has 2 amide bonds. The average molecular weight is 549 g/mol. The maximum Gasteiger partial charge on any atom is 0.262 e. The molecule has 2 unspecified atom stereocenters. The van der Waals surface area contributed by atoms with Crippen molar-refractivity contribution in [3.8, 4) is 11.5 Å². The molecule has 1 N–H and O–H groups in total. The van der Waals surface area contributed by atoms with E-state index in [2.05, 4.69) is 10.3 Å². The Labute approximate surface area is 229 Å². The van der Waals surface area contributed by atoms with Crippen LogP contribution in [0, 0.1) is 0 Å². The highest BCUT2D eigenvalue weighted by Crippen LogP contribution is 2.39. The molecule has 0 bridgehead atoms. The van der Waals surface area contributed by atoms with Gasteiger partial charge in [0.25, 0.3) is 5.91 Å². The molecule has 2 heterocycles. The van der Waals surface area contributed by atoms with Crippen molar-refractivity contribution in [2.45, 2.75) is 24.1 Å². The van der Waals surface area contributed by atoms with Crippen molar-refractivity contribution in [2.24, 2.45) is 10.1 Å². The van der Waals surface area contributed by atoms with Gasteiger partial charge >= 0.3 is 0 Å². The number of nitrogens with zero attached hydrogens (tertiary/aromatic N) is 3. The zero-order valence-corrected chi connectivity index (χ0v) is 22.3. The van der Waals surface area contributed by atoms with Gasteiger partial charge in [0.15, 0.2) is 5.17 Å². The summed E-state index contributed by atoms with van der Waals surface area (Å²) in [7, 11) is 3.16. The standard InChI is InChI=1S/C28H25ClN4O4S/c1-36-20-13-9-18(10-14-20)23-15-22(17-7-11-19(29)12-8-17)32-33(23)28-31-27(35)25(38-28)16-26(34)30-21-5-3-4-6-24(21)37-2/h3-14,23,25H,15-16H2,1-2H3,(H,30,34). The van der Waals surface area contributed by atoms with Gasteiger partial charge in [-0.1, -0.05) is 59.8 Å². The molecule has 8 nitrogen and oxygen atoms in total. The first kappa shape index (κ1) is 25.8. The molecule has 0 spiro atoms. The Hall–Kier alpha value is -3.82. The molecule has 5 rings (SSSR count). The second-order valence-electron chi connectivity index (χ2n) is 8.68. The van der Waals surface area contributed by atoms with Crippen LogP contribution in [0.5, 0.6) is 11.5 Å². The summed E-state index contributed by atoms with van der Waals surface area (Å²) in [5.74, 6) is 0.645. The number of anilines is 1. The molecule has 2 atom stereocenters. The number of ether oxygens (including phenoxy) is 2. The zero-order valence-electron chi connectivity index (χ0n) is 20.8.